The number of carbonyl (C=O) groups excluding carboxylic acids is 1. The van der Waals surface area contributed by atoms with Gasteiger partial charge in [0, 0.05) is 17.1 Å². The summed E-state index contributed by atoms with van der Waals surface area (Å²) in [7, 11) is 0. The van der Waals surface area contributed by atoms with Gasteiger partial charge in [-0.25, -0.2) is 4.79 Å². The number of H-pyrrole nitrogens is 1. The lowest BCUT2D eigenvalue weighted by Crippen LogP contribution is -2.49. The topological polar surface area (TPSA) is 82.2 Å². The molecule has 106 valence electrons. The molecular weight excluding hydrogens is 256 g/mol. The van der Waals surface area contributed by atoms with Gasteiger partial charge in [0.25, 0.3) is 5.91 Å². The molecule has 1 amide bonds. The van der Waals surface area contributed by atoms with Crippen LogP contribution in [0.5, 0.6) is 0 Å². The highest BCUT2D eigenvalue weighted by Gasteiger charge is 2.33. The Kier molecular flexibility index (Phi) is 3.53. The van der Waals surface area contributed by atoms with Gasteiger partial charge in [0.15, 0.2) is 0 Å². The molecule has 0 aliphatic carbocycles. The van der Waals surface area contributed by atoms with E-state index in [1.54, 1.807) is 27.0 Å². The predicted octanol–water partition coefficient (Wildman–Crippen LogP) is 2.40. The molecule has 5 heteroatoms. The zero-order chi connectivity index (χ0) is 14.9. The van der Waals surface area contributed by atoms with Gasteiger partial charge in [-0.15, -0.1) is 0 Å². The molecule has 3 N–H and O–H groups in total. The number of carbonyl (C=O) groups is 2. The smallest absolute Gasteiger partial charge is 0.326 e. The predicted molar refractivity (Wildman–Crippen MR) is 76.6 cm³/mol. The monoisotopic (exact) mass is 274 g/mol. The number of aromatic nitrogens is 1. The number of para-hydroxylation sites is 1. The summed E-state index contributed by atoms with van der Waals surface area (Å²) in [6.45, 7) is 5.34. The Bertz CT molecular complexity index is 652. The Morgan fingerprint density at radius 3 is 2.50 bits per heavy atom. The zero-order valence-electron chi connectivity index (χ0n) is 11.7. The number of hydrogen-bond acceptors (Lipinski definition) is 2. The van der Waals surface area contributed by atoms with Gasteiger partial charge in [0.1, 0.15) is 6.04 Å². The fourth-order valence-electron chi connectivity index (χ4n) is 2.12. The van der Waals surface area contributed by atoms with Crippen LogP contribution in [0.25, 0.3) is 10.9 Å². The summed E-state index contributed by atoms with van der Waals surface area (Å²) in [5.41, 5.74) is 0.740. The van der Waals surface area contributed by atoms with Crippen molar-refractivity contribution in [1.29, 1.82) is 0 Å². The molecule has 0 aliphatic rings. The molecule has 1 atom stereocenters. The first-order valence-electron chi connectivity index (χ1n) is 6.40. The second kappa shape index (κ2) is 5.00. The van der Waals surface area contributed by atoms with Crippen molar-refractivity contribution in [3.63, 3.8) is 0 Å². The number of nitrogens with one attached hydrogen (secondary N) is 2. The van der Waals surface area contributed by atoms with Crippen molar-refractivity contribution in [2.45, 2.75) is 26.8 Å². The molecule has 20 heavy (non-hydrogen) atoms. The van der Waals surface area contributed by atoms with E-state index in [1.165, 1.54) is 0 Å². The molecule has 0 spiro atoms. The molecule has 0 saturated heterocycles. The number of carboxylic acids is 1. The van der Waals surface area contributed by atoms with Crippen LogP contribution in [0, 0.1) is 5.41 Å². The van der Waals surface area contributed by atoms with Crippen LogP contribution in [-0.2, 0) is 4.79 Å². The van der Waals surface area contributed by atoms with Crippen LogP contribution in [0.15, 0.2) is 30.5 Å². The van der Waals surface area contributed by atoms with Crippen molar-refractivity contribution < 1.29 is 14.7 Å². The first-order chi connectivity index (χ1) is 9.30. The Labute approximate surface area is 117 Å². The van der Waals surface area contributed by atoms with E-state index in [0.717, 1.165) is 10.9 Å². The van der Waals surface area contributed by atoms with E-state index in [2.05, 4.69) is 10.3 Å². The highest BCUT2D eigenvalue weighted by atomic mass is 16.4. The number of carboxylic acid groups (broad SMARTS) is 1. The van der Waals surface area contributed by atoms with Crippen LogP contribution in [0.4, 0.5) is 0 Å². The van der Waals surface area contributed by atoms with E-state index in [1.807, 2.05) is 24.3 Å². The molecule has 0 bridgehead atoms. The maximum absolute atomic E-state index is 12.3. The summed E-state index contributed by atoms with van der Waals surface area (Å²) in [5, 5.41) is 12.6. The average Bonchev–Trinajstić information content (AvgIpc) is 2.77. The van der Waals surface area contributed by atoms with Crippen molar-refractivity contribution in [2.75, 3.05) is 0 Å². The number of aromatic amines is 1. The molecular formula is C15H18N2O3. The van der Waals surface area contributed by atoms with E-state index < -0.39 is 17.4 Å². The fourth-order valence-corrected chi connectivity index (χ4v) is 2.12. The molecule has 0 aliphatic heterocycles. The van der Waals surface area contributed by atoms with E-state index >= 15 is 0 Å². The molecule has 0 fully saturated rings. The van der Waals surface area contributed by atoms with Crippen LogP contribution < -0.4 is 5.32 Å². The third kappa shape index (κ3) is 2.66. The molecule has 0 saturated carbocycles. The summed E-state index contributed by atoms with van der Waals surface area (Å²) in [6, 6.07) is 6.46. The van der Waals surface area contributed by atoms with Crippen LogP contribution >= 0.6 is 0 Å². The Morgan fingerprint density at radius 2 is 1.90 bits per heavy atom. The van der Waals surface area contributed by atoms with Crippen LogP contribution in [0.3, 0.4) is 0 Å². The van der Waals surface area contributed by atoms with Crippen molar-refractivity contribution in [3.8, 4) is 0 Å². The van der Waals surface area contributed by atoms with Crippen molar-refractivity contribution in [1.82, 2.24) is 10.3 Å². The zero-order valence-corrected chi connectivity index (χ0v) is 11.7. The summed E-state index contributed by atoms with van der Waals surface area (Å²) >= 11 is 0. The van der Waals surface area contributed by atoms with Crippen molar-refractivity contribution in [2.24, 2.45) is 5.41 Å². The van der Waals surface area contributed by atoms with Crippen LogP contribution in [0.2, 0.25) is 0 Å². The van der Waals surface area contributed by atoms with Crippen LogP contribution in [-0.4, -0.2) is 28.0 Å². The highest BCUT2D eigenvalue weighted by Crippen LogP contribution is 2.22. The SMILES string of the molecule is CC(C)(C)[C@@H](NC(=O)c1c[nH]c2ccccc12)C(=O)O. The molecule has 0 unspecified atom stereocenters. The standard InChI is InChI=1S/C15H18N2O3/c1-15(2,3)12(14(19)20)17-13(18)10-8-16-11-7-5-4-6-9(10)11/h4-8,12,16H,1-3H3,(H,17,18)(H,19,20)/t12-/m0/s1. The van der Waals surface area contributed by atoms with E-state index in [9.17, 15) is 14.7 Å². The Hall–Kier alpha value is -2.30. The second-order valence-electron chi connectivity index (χ2n) is 5.86. The Balaban J connectivity index is 2.30. The number of benzene rings is 1. The van der Waals surface area contributed by atoms with Crippen molar-refractivity contribution >= 4 is 22.8 Å². The van der Waals surface area contributed by atoms with Gasteiger partial charge < -0.3 is 15.4 Å². The normalized spacial score (nSPS) is 13.2. The van der Waals surface area contributed by atoms with E-state index in [4.69, 9.17) is 0 Å². The lowest BCUT2D eigenvalue weighted by Gasteiger charge is -2.27. The minimum atomic E-state index is -1.04. The van der Waals surface area contributed by atoms with E-state index in [-0.39, 0.29) is 5.91 Å². The number of aliphatic carboxylic acids is 1. The van der Waals surface area contributed by atoms with Gasteiger partial charge in [-0.3, -0.25) is 4.79 Å². The second-order valence-corrected chi connectivity index (χ2v) is 5.86. The third-order valence-electron chi connectivity index (χ3n) is 3.22. The lowest BCUT2D eigenvalue weighted by molar-refractivity contribution is -0.142. The summed E-state index contributed by atoms with van der Waals surface area (Å²) in [4.78, 5) is 26.6. The maximum atomic E-state index is 12.3. The molecule has 1 heterocycles. The molecule has 2 rings (SSSR count). The number of hydrogen-bond donors (Lipinski definition) is 3. The number of fused-ring (bicyclic) bond motifs is 1. The molecule has 1 aromatic heterocycles. The average molecular weight is 274 g/mol. The number of amides is 1. The molecule has 1 aromatic carbocycles. The van der Waals surface area contributed by atoms with Gasteiger partial charge in [0.05, 0.1) is 5.56 Å². The van der Waals surface area contributed by atoms with Gasteiger partial charge in [-0.05, 0) is 11.5 Å². The third-order valence-corrected chi connectivity index (χ3v) is 3.22. The van der Waals surface area contributed by atoms with Crippen LogP contribution in [0.1, 0.15) is 31.1 Å². The quantitative estimate of drug-likeness (QED) is 0.803. The highest BCUT2D eigenvalue weighted by molar-refractivity contribution is 6.07. The largest absolute Gasteiger partial charge is 0.480 e. The van der Waals surface area contributed by atoms with Gasteiger partial charge >= 0.3 is 5.97 Å². The van der Waals surface area contributed by atoms with Gasteiger partial charge in [0.2, 0.25) is 0 Å². The fraction of sp³-hybridized carbons (Fsp3) is 0.333. The molecule has 0 radical (unpaired) electrons. The number of rotatable bonds is 3. The van der Waals surface area contributed by atoms with E-state index in [0.29, 0.717) is 5.56 Å². The van der Waals surface area contributed by atoms with Crippen molar-refractivity contribution in [3.05, 3.63) is 36.0 Å². The maximum Gasteiger partial charge on any atom is 0.326 e. The lowest BCUT2D eigenvalue weighted by atomic mass is 9.86. The summed E-state index contributed by atoms with van der Waals surface area (Å²) in [6.07, 6.45) is 1.60. The first-order valence-corrected chi connectivity index (χ1v) is 6.40. The summed E-state index contributed by atoms with van der Waals surface area (Å²) < 4.78 is 0. The molecule has 2 aromatic rings. The molecule has 5 nitrogen and oxygen atoms in total. The first kappa shape index (κ1) is 14.1. The van der Waals surface area contributed by atoms with Gasteiger partial charge in [-0.1, -0.05) is 39.0 Å². The minimum absolute atomic E-state index is 0.384. The van der Waals surface area contributed by atoms with Gasteiger partial charge in [-0.2, -0.15) is 0 Å². The Morgan fingerprint density at radius 1 is 1.25 bits per heavy atom. The summed E-state index contributed by atoms with van der Waals surface area (Å²) in [5.74, 6) is -1.42. The minimum Gasteiger partial charge on any atom is -0.480 e.